The van der Waals surface area contributed by atoms with Crippen molar-refractivity contribution in [3.05, 3.63) is 39.5 Å². The van der Waals surface area contributed by atoms with Gasteiger partial charge in [0.1, 0.15) is 0 Å². The molecule has 3 heteroatoms. The Morgan fingerprint density at radius 3 is 2.83 bits per heavy atom. The first-order chi connectivity index (χ1) is 5.68. The lowest BCUT2D eigenvalue weighted by molar-refractivity contribution is 0.463. The molecule has 0 heterocycles. The standard InChI is InChI=1S/C9H11BrNO/c1-11(12)6-5-8-3-2-4-9(10)7-8/h2-4,7H,5-6H2,1H3/q-1. The highest BCUT2D eigenvalue weighted by Crippen LogP contribution is 2.11. The predicted octanol–water partition coefficient (Wildman–Crippen LogP) is 2.42. The van der Waals surface area contributed by atoms with Gasteiger partial charge in [0.25, 0.3) is 0 Å². The number of halogens is 1. The second-order valence-electron chi connectivity index (χ2n) is 2.73. The normalized spacial score (nSPS) is 10.7. The molecule has 1 rings (SSSR count). The lowest BCUT2D eigenvalue weighted by Crippen LogP contribution is -2.12. The maximum atomic E-state index is 10.6. The van der Waals surface area contributed by atoms with E-state index in [2.05, 4.69) is 15.9 Å². The molecule has 1 aromatic rings. The Hall–Kier alpha value is -0.380. The van der Waals surface area contributed by atoms with Crippen molar-refractivity contribution >= 4 is 15.9 Å². The highest BCUT2D eigenvalue weighted by Gasteiger charge is 1.92. The molecule has 0 saturated heterocycles. The van der Waals surface area contributed by atoms with Gasteiger partial charge < -0.3 is 10.3 Å². The topological polar surface area (TPSA) is 26.3 Å². The summed E-state index contributed by atoms with van der Waals surface area (Å²) in [5.74, 6) is 0. The zero-order valence-corrected chi connectivity index (χ0v) is 8.54. The van der Waals surface area contributed by atoms with E-state index in [4.69, 9.17) is 0 Å². The van der Waals surface area contributed by atoms with Crippen LogP contribution in [0.2, 0.25) is 0 Å². The van der Waals surface area contributed by atoms with Crippen LogP contribution in [0.4, 0.5) is 0 Å². The highest BCUT2D eigenvalue weighted by molar-refractivity contribution is 9.10. The Morgan fingerprint density at radius 2 is 2.25 bits per heavy atom. The van der Waals surface area contributed by atoms with Gasteiger partial charge in [-0.15, -0.1) is 0 Å². The fourth-order valence-electron chi connectivity index (χ4n) is 0.979. The number of likely N-dealkylation sites (N-methyl/N-ethyl adjacent to an activating group) is 1. The summed E-state index contributed by atoms with van der Waals surface area (Å²) in [6.07, 6.45) is 0.805. The molecule has 0 saturated carbocycles. The van der Waals surface area contributed by atoms with Crippen LogP contribution in [0.5, 0.6) is 0 Å². The molecule has 0 fully saturated rings. The third-order valence-electron chi connectivity index (χ3n) is 1.60. The van der Waals surface area contributed by atoms with Crippen molar-refractivity contribution in [1.82, 2.24) is 5.06 Å². The van der Waals surface area contributed by atoms with Gasteiger partial charge in [-0.1, -0.05) is 28.1 Å². The largest absolute Gasteiger partial charge is 0.785 e. The summed E-state index contributed by atoms with van der Waals surface area (Å²) < 4.78 is 1.06. The van der Waals surface area contributed by atoms with E-state index in [9.17, 15) is 5.21 Å². The van der Waals surface area contributed by atoms with Crippen LogP contribution in [-0.4, -0.2) is 18.7 Å². The second-order valence-corrected chi connectivity index (χ2v) is 3.65. The van der Waals surface area contributed by atoms with Crippen molar-refractivity contribution in [3.8, 4) is 0 Å². The van der Waals surface area contributed by atoms with E-state index in [1.54, 1.807) is 0 Å². The smallest absolute Gasteiger partial charge is 0.0178 e. The first-order valence-corrected chi connectivity index (χ1v) is 4.60. The van der Waals surface area contributed by atoms with E-state index >= 15 is 0 Å². The van der Waals surface area contributed by atoms with Crippen molar-refractivity contribution in [2.24, 2.45) is 0 Å². The van der Waals surface area contributed by atoms with Gasteiger partial charge in [-0.05, 0) is 37.7 Å². The Labute approximate surface area is 80.9 Å². The molecule has 0 aliphatic rings. The summed E-state index contributed by atoms with van der Waals surface area (Å²) in [7, 11) is 1.54. The zero-order valence-electron chi connectivity index (χ0n) is 6.96. The molecule has 66 valence electrons. The summed E-state index contributed by atoms with van der Waals surface area (Å²) >= 11 is 3.38. The molecule has 0 atom stereocenters. The van der Waals surface area contributed by atoms with Crippen LogP contribution in [0.15, 0.2) is 28.7 Å². The van der Waals surface area contributed by atoms with E-state index in [1.807, 2.05) is 24.3 Å². The Balaban J connectivity index is 2.52. The van der Waals surface area contributed by atoms with Crippen LogP contribution in [0, 0.1) is 5.21 Å². The molecule has 0 aromatic heterocycles. The molecule has 0 spiro atoms. The average Bonchev–Trinajstić information content (AvgIpc) is 2.01. The summed E-state index contributed by atoms with van der Waals surface area (Å²) in [5, 5.41) is 11.6. The molecule has 0 aliphatic heterocycles. The van der Waals surface area contributed by atoms with Gasteiger partial charge in [-0.2, -0.15) is 0 Å². The SMILES string of the molecule is CN([O-])CCc1cccc(Br)c1. The summed E-state index contributed by atoms with van der Waals surface area (Å²) in [5.41, 5.74) is 1.19. The van der Waals surface area contributed by atoms with E-state index in [1.165, 1.54) is 12.6 Å². The minimum atomic E-state index is 0.552. The van der Waals surface area contributed by atoms with Gasteiger partial charge >= 0.3 is 0 Å². The van der Waals surface area contributed by atoms with Crippen molar-refractivity contribution in [1.29, 1.82) is 0 Å². The second kappa shape index (κ2) is 4.60. The van der Waals surface area contributed by atoms with Crippen molar-refractivity contribution in [2.75, 3.05) is 13.6 Å². The molecule has 12 heavy (non-hydrogen) atoms. The average molecular weight is 229 g/mol. The number of hydroxylamine groups is 2. The number of nitrogens with zero attached hydrogens (tertiary/aromatic N) is 1. The van der Waals surface area contributed by atoms with Gasteiger partial charge in [0.05, 0.1) is 0 Å². The van der Waals surface area contributed by atoms with Crippen molar-refractivity contribution in [3.63, 3.8) is 0 Å². The van der Waals surface area contributed by atoms with Crippen LogP contribution in [0.3, 0.4) is 0 Å². The van der Waals surface area contributed by atoms with Crippen LogP contribution in [0.25, 0.3) is 0 Å². The van der Waals surface area contributed by atoms with E-state index in [0.29, 0.717) is 6.54 Å². The van der Waals surface area contributed by atoms with Crippen LogP contribution < -0.4 is 0 Å². The fourth-order valence-corrected chi connectivity index (χ4v) is 1.43. The molecule has 2 nitrogen and oxygen atoms in total. The first kappa shape index (κ1) is 9.71. The lowest BCUT2D eigenvalue weighted by atomic mass is 10.1. The lowest BCUT2D eigenvalue weighted by Gasteiger charge is -2.21. The predicted molar refractivity (Wildman–Crippen MR) is 53.8 cm³/mol. The Bertz CT molecular complexity index is 250. The monoisotopic (exact) mass is 228 g/mol. The minimum absolute atomic E-state index is 0.552. The first-order valence-electron chi connectivity index (χ1n) is 3.81. The van der Waals surface area contributed by atoms with Gasteiger partial charge in [0.2, 0.25) is 0 Å². The molecule has 0 radical (unpaired) electrons. The van der Waals surface area contributed by atoms with Gasteiger partial charge in [-0.3, -0.25) is 0 Å². The third-order valence-corrected chi connectivity index (χ3v) is 2.10. The minimum Gasteiger partial charge on any atom is -0.785 e. The van der Waals surface area contributed by atoms with Gasteiger partial charge in [-0.25, -0.2) is 0 Å². The maximum Gasteiger partial charge on any atom is 0.0178 e. The summed E-state index contributed by atoms with van der Waals surface area (Å²) in [6.45, 7) is 0.552. The van der Waals surface area contributed by atoms with Crippen LogP contribution >= 0.6 is 15.9 Å². The number of rotatable bonds is 3. The third kappa shape index (κ3) is 3.34. The molecule has 0 N–H and O–H groups in total. The van der Waals surface area contributed by atoms with Crippen molar-refractivity contribution in [2.45, 2.75) is 6.42 Å². The molecular formula is C9H11BrNO-. The Morgan fingerprint density at radius 1 is 1.50 bits per heavy atom. The van der Waals surface area contributed by atoms with E-state index in [0.717, 1.165) is 16.0 Å². The number of hydrogen-bond donors (Lipinski definition) is 0. The van der Waals surface area contributed by atoms with E-state index < -0.39 is 0 Å². The quantitative estimate of drug-likeness (QED) is 0.744. The molecule has 0 aliphatic carbocycles. The Kier molecular flexibility index (Phi) is 3.72. The summed E-state index contributed by atoms with van der Waals surface area (Å²) in [4.78, 5) is 0. The molecular weight excluding hydrogens is 218 g/mol. The molecule has 1 aromatic carbocycles. The highest BCUT2D eigenvalue weighted by atomic mass is 79.9. The number of benzene rings is 1. The fraction of sp³-hybridized carbons (Fsp3) is 0.333. The van der Waals surface area contributed by atoms with E-state index in [-0.39, 0.29) is 0 Å². The van der Waals surface area contributed by atoms with Gasteiger partial charge in [0, 0.05) is 4.47 Å². The molecule has 0 bridgehead atoms. The maximum absolute atomic E-state index is 10.6. The molecule has 0 amide bonds. The zero-order chi connectivity index (χ0) is 8.97. The summed E-state index contributed by atoms with van der Waals surface area (Å²) in [6, 6.07) is 8.01. The van der Waals surface area contributed by atoms with Gasteiger partial charge in [0.15, 0.2) is 0 Å². The van der Waals surface area contributed by atoms with Crippen LogP contribution in [0.1, 0.15) is 5.56 Å². The van der Waals surface area contributed by atoms with Crippen LogP contribution in [-0.2, 0) is 6.42 Å². The van der Waals surface area contributed by atoms with Crippen molar-refractivity contribution < 1.29 is 0 Å². The number of hydrogen-bond acceptors (Lipinski definition) is 2. The molecule has 0 unspecified atom stereocenters.